The molecule has 17 nitrogen and oxygen atoms in total. The van der Waals surface area contributed by atoms with Crippen LogP contribution >= 0.6 is 15.6 Å². The maximum atomic E-state index is 13.1. The van der Waals surface area contributed by atoms with Gasteiger partial charge in [0.25, 0.3) is 0 Å². The maximum absolute atomic E-state index is 13.1. The highest BCUT2D eigenvalue weighted by Gasteiger charge is 2.30. The van der Waals surface area contributed by atoms with Crippen LogP contribution in [0.3, 0.4) is 0 Å². The van der Waals surface area contributed by atoms with Gasteiger partial charge in [-0.1, -0.05) is 343 Å². The molecule has 564 valence electrons. The van der Waals surface area contributed by atoms with Crippen molar-refractivity contribution < 1.29 is 80.2 Å². The summed E-state index contributed by atoms with van der Waals surface area (Å²) in [5.41, 5.74) is 0. The molecule has 0 fully saturated rings. The largest absolute Gasteiger partial charge is 0.472 e. The first-order valence-electron chi connectivity index (χ1n) is 39.5. The molecule has 0 radical (unpaired) electrons. The minimum absolute atomic E-state index is 0.105. The molecule has 0 heterocycles. The van der Waals surface area contributed by atoms with Crippen molar-refractivity contribution >= 4 is 39.5 Å². The number of hydrogen-bond donors (Lipinski definition) is 3. The number of unbranched alkanes of at least 4 members (excludes halogenated alkanes) is 44. The van der Waals surface area contributed by atoms with Crippen LogP contribution in [0.15, 0.2) is 0 Å². The molecule has 0 spiro atoms. The second kappa shape index (κ2) is 67.9. The Hall–Kier alpha value is -1.94. The second-order valence-electron chi connectivity index (χ2n) is 28.1. The van der Waals surface area contributed by atoms with Gasteiger partial charge >= 0.3 is 39.5 Å². The van der Waals surface area contributed by atoms with Gasteiger partial charge in [-0.15, -0.1) is 0 Å². The van der Waals surface area contributed by atoms with Gasteiger partial charge in [0.05, 0.1) is 26.4 Å². The molecule has 3 N–H and O–H groups in total. The van der Waals surface area contributed by atoms with E-state index in [4.69, 9.17) is 37.0 Å². The number of phosphoric acid groups is 2. The standard InChI is InChI=1S/C76H148O17P2/c1-7-10-12-14-15-16-17-18-19-20-21-22-23-24-25-26-27-30-37-42-48-54-60-76(81)93-72(65-87-74(79)59-53-47-41-36-31-28-29-34-39-45-50-56-68(4)5)67-91-95(84,85)89-63-70(77)62-88-94(82,83)90-66-71(64-86-73(78)58-52-44-13-11-8-2)92-75(80)61-55-49-43-38-33-32-35-40-46-51-57-69(6)9-3/h68-72,77H,7-67H2,1-6H3,(H,82,83)(H,84,85)/t69?,70-,71+,72+/m0/s1. The van der Waals surface area contributed by atoms with Crippen LogP contribution in [0, 0.1) is 11.8 Å². The van der Waals surface area contributed by atoms with E-state index in [0.29, 0.717) is 25.7 Å². The predicted octanol–water partition coefficient (Wildman–Crippen LogP) is 22.3. The quantitative estimate of drug-likeness (QED) is 0.0222. The molecule has 0 aliphatic carbocycles. The molecule has 0 aromatic heterocycles. The van der Waals surface area contributed by atoms with Gasteiger partial charge in [-0.05, 0) is 37.5 Å². The molecular weight excluding hydrogens is 1250 g/mol. The molecule has 6 atom stereocenters. The Morgan fingerprint density at radius 1 is 0.305 bits per heavy atom. The summed E-state index contributed by atoms with van der Waals surface area (Å²) in [7, 11) is -9.90. The van der Waals surface area contributed by atoms with Crippen LogP contribution in [0.1, 0.15) is 395 Å². The number of esters is 4. The zero-order chi connectivity index (χ0) is 70.0. The fourth-order valence-electron chi connectivity index (χ4n) is 11.6. The number of carbonyl (C=O) groups excluding carboxylic acids is 4. The highest BCUT2D eigenvalue weighted by Crippen LogP contribution is 2.45. The van der Waals surface area contributed by atoms with Gasteiger partial charge in [0.15, 0.2) is 12.2 Å². The highest BCUT2D eigenvalue weighted by atomic mass is 31.2. The number of phosphoric ester groups is 2. The molecule has 0 bridgehead atoms. The average molecular weight is 1400 g/mol. The summed E-state index contributed by atoms with van der Waals surface area (Å²) in [5.74, 6) is -0.554. The molecule has 3 unspecified atom stereocenters. The van der Waals surface area contributed by atoms with Crippen molar-refractivity contribution in [1.29, 1.82) is 0 Å². The fourth-order valence-corrected chi connectivity index (χ4v) is 13.2. The summed E-state index contributed by atoms with van der Waals surface area (Å²) in [6.07, 6.45) is 56.0. The minimum Gasteiger partial charge on any atom is -0.462 e. The highest BCUT2D eigenvalue weighted by molar-refractivity contribution is 7.47. The van der Waals surface area contributed by atoms with Gasteiger partial charge in [0, 0.05) is 25.7 Å². The molecule has 0 rings (SSSR count). The van der Waals surface area contributed by atoms with Crippen LogP contribution < -0.4 is 0 Å². The van der Waals surface area contributed by atoms with E-state index in [2.05, 4.69) is 41.5 Å². The van der Waals surface area contributed by atoms with Crippen molar-refractivity contribution in [3.63, 3.8) is 0 Å². The van der Waals surface area contributed by atoms with Crippen molar-refractivity contribution in [1.82, 2.24) is 0 Å². The van der Waals surface area contributed by atoms with E-state index in [1.54, 1.807) is 0 Å². The fraction of sp³-hybridized carbons (Fsp3) is 0.947. The number of hydrogen-bond acceptors (Lipinski definition) is 15. The summed E-state index contributed by atoms with van der Waals surface area (Å²) in [5, 5.41) is 10.6. The summed E-state index contributed by atoms with van der Waals surface area (Å²) >= 11 is 0. The Bertz CT molecular complexity index is 1840. The number of rotatable bonds is 75. The summed E-state index contributed by atoms with van der Waals surface area (Å²) < 4.78 is 68.3. The number of ether oxygens (including phenoxy) is 4. The number of aliphatic hydroxyl groups excluding tert-OH is 1. The molecule has 19 heteroatoms. The van der Waals surface area contributed by atoms with E-state index in [1.165, 1.54) is 205 Å². The Kier molecular flexibility index (Phi) is 66.5. The lowest BCUT2D eigenvalue weighted by Gasteiger charge is -2.21. The molecule has 0 saturated heterocycles. The zero-order valence-electron chi connectivity index (χ0n) is 62.0. The third-order valence-corrected chi connectivity index (χ3v) is 20.0. The van der Waals surface area contributed by atoms with Crippen molar-refractivity contribution in [3.8, 4) is 0 Å². The number of carbonyl (C=O) groups is 4. The van der Waals surface area contributed by atoms with Crippen molar-refractivity contribution in [3.05, 3.63) is 0 Å². The maximum Gasteiger partial charge on any atom is 0.472 e. The van der Waals surface area contributed by atoms with E-state index in [0.717, 1.165) is 108 Å². The molecule has 0 saturated carbocycles. The second-order valence-corrected chi connectivity index (χ2v) is 31.0. The molecule has 95 heavy (non-hydrogen) atoms. The molecule has 0 aliphatic rings. The van der Waals surface area contributed by atoms with Gasteiger partial charge in [-0.25, -0.2) is 9.13 Å². The van der Waals surface area contributed by atoms with Crippen molar-refractivity contribution in [2.75, 3.05) is 39.6 Å². The lowest BCUT2D eigenvalue weighted by molar-refractivity contribution is -0.161. The first-order valence-corrected chi connectivity index (χ1v) is 42.5. The minimum atomic E-state index is -4.96. The first-order chi connectivity index (χ1) is 45.9. The van der Waals surface area contributed by atoms with Gasteiger partial charge < -0.3 is 33.8 Å². The number of aliphatic hydroxyl groups is 1. The van der Waals surface area contributed by atoms with Gasteiger partial charge in [-0.3, -0.25) is 37.3 Å². The van der Waals surface area contributed by atoms with Crippen LogP contribution in [0.5, 0.6) is 0 Å². The van der Waals surface area contributed by atoms with Crippen LogP contribution in [-0.4, -0.2) is 96.7 Å². The monoisotopic (exact) mass is 1400 g/mol. The first kappa shape index (κ1) is 93.1. The topological polar surface area (TPSA) is 237 Å². The Balaban J connectivity index is 5.11. The Labute approximate surface area is 581 Å². The summed E-state index contributed by atoms with van der Waals surface area (Å²) in [6, 6.07) is 0. The van der Waals surface area contributed by atoms with Crippen LogP contribution in [0.25, 0.3) is 0 Å². The Morgan fingerprint density at radius 2 is 0.537 bits per heavy atom. The van der Waals surface area contributed by atoms with Crippen LogP contribution in [0.4, 0.5) is 0 Å². The van der Waals surface area contributed by atoms with Crippen molar-refractivity contribution in [2.24, 2.45) is 11.8 Å². The Morgan fingerprint density at radius 3 is 0.800 bits per heavy atom. The third kappa shape index (κ3) is 69.0. The van der Waals surface area contributed by atoms with Gasteiger partial charge in [0.2, 0.25) is 0 Å². The zero-order valence-corrected chi connectivity index (χ0v) is 63.8. The summed E-state index contributed by atoms with van der Waals surface area (Å²) in [4.78, 5) is 72.5. The van der Waals surface area contributed by atoms with Crippen LogP contribution in [0.2, 0.25) is 0 Å². The molecule has 0 aromatic carbocycles. The van der Waals surface area contributed by atoms with E-state index < -0.39 is 97.5 Å². The lowest BCUT2D eigenvalue weighted by Crippen LogP contribution is -2.30. The van der Waals surface area contributed by atoms with E-state index >= 15 is 0 Å². The normalized spacial score (nSPS) is 14.3. The average Bonchev–Trinajstić information content (AvgIpc) is 1.38. The van der Waals surface area contributed by atoms with Gasteiger partial charge in [0.1, 0.15) is 19.3 Å². The summed E-state index contributed by atoms with van der Waals surface area (Å²) in [6.45, 7) is 9.53. The van der Waals surface area contributed by atoms with Crippen LogP contribution in [-0.2, 0) is 65.4 Å². The van der Waals surface area contributed by atoms with E-state index in [9.17, 15) is 43.2 Å². The van der Waals surface area contributed by atoms with E-state index in [1.807, 2.05) is 0 Å². The molecule has 0 amide bonds. The smallest absolute Gasteiger partial charge is 0.462 e. The van der Waals surface area contributed by atoms with Crippen molar-refractivity contribution in [2.45, 2.75) is 413 Å². The molecular formula is C76H148O17P2. The third-order valence-electron chi connectivity index (χ3n) is 18.1. The van der Waals surface area contributed by atoms with Gasteiger partial charge in [-0.2, -0.15) is 0 Å². The SMILES string of the molecule is CCCCCCCCCCCCCCCCCCCCCCCCC(=O)O[C@H](COC(=O)CCCCCCCCCCCCCC(C)C)COP(=O)(O)OC[C@@H](O)COP(=O)(O)OC[C@@H](COC(=O)CCCCCCC)OC(=O)CCCCCCCCCCCCC(C)CC. The molecule has 0 aliphatic heterocycles. The lowest BCUT2D eigenvalue weighted by atomic mass is 9.99. The predicted molar refractivity (Wildman–Crippen MR) is 386 cm³/mol. The molecule has 0 aromatic rings. The van der Waals surface area contributed by atoms with E-state index in [-0.39, 0.29) is 25.7 Å².